The molecule has 1 aromatic rings. The Morgan fingerprint density at radius 1 is 1.40 bits per heavy atom. The van der Waals surface area contributed by atoms with Crippen molar-refractivity contribution in [1.82, 2.24) is 10.3 Å². The van der Waals surface area contributed by atoms with Gasteiger partial charge in [0.25, 0.3) is 5.91 Å². The van der Waals surface area contributed by atoms with Gasteiger partial charge in [0, 0.05) is 6.04 Å². The van der Waals surface area contributed by atoms with E-state index >= 15 is 0 Å². The fourth-order valence-corrected chi connectivity index (χ4v) is 3.61. The summed E-state index contributed by atoms with van der Waals surface area (Å²) in [5.74, 6) is -1.04. The third-order valence-electron chi connectivity index (χ3n) is 4.11. The van der Waals surface area contributed by atoms with E-state index in [-0.39, 0.29) is 11.9 Å². The molecule has 2 unspecified atom stereocenters. The van der Waals surface area contributed by atoms with Crippen LogP contribution < -0.4 is 5.32 Å². The first kappa shape index (κ1) is 15.0. The monoisotopic (exact) mass is 296 g/mol. The topological polar surface area (TPSA) is 79.3 Å². The van der Waals surface area contributed by atoms with Gasteiger partial charge in [0.15, 0.2) is 0 Å². The maximum absolute atomic E-state index is 12.3. The first-order valence-corrected chi connectivity index (χ1v) is 7.64. The molecule has 2 N–H and O–H groups in total. The highest BCUT2D eigenvalue weighted by Crippen LogP contribution is 2.36. The standard InChI is InChI=1S/C14H20N2O3S/c1-8-11(20-9(2)15-8)12(17)16-10-6-4-5-7-14(10,3)13(18)19/h10H,4-7H2,1-3H3,(H,16,17)(H,18,19). The molecule has 1 heterocycles. The van der Waals surface area contributed by atoms with Gasteiger partial charge in [0.2, 0.25) is 0 Å². The molecule has 1 amide bonds. The van der Waals surface area contributed by atoms with Gasteiger partial charge < -0.3 is 10.4 Å². The van der Waals surface area contributed by atoms with Crippen LogP contribution in [0.4, 0.5) is 0 Å². The molecule has 5 nitrogen and oxygen atoms in total. The fraction of sp³-hybridized carbons (Fsp3) is 0.643. The van der Waals surface area contributed by atoms with Crippen LogP contribution in [-0.2, 0) is 4.79 Å². The van der Waals surface area contributed by atoms with Gasteiger partial charge >= 0.3 is 5.97 Å². The number of carbonyl (C=O) groups is 2. The van der Waals surface area contributed by atoms with E-state index in [9.17, 15) is 14.7 Å². The van der Waals surface area contributed by atoms with E-state index in [2.05, 4.69) is 10.3 Å². The van der Waals surface area contributed by atoms with Gasteiger partial charge in [-0.2, -0.15) is 0 Å². The van der Waals surface area contributed by atoms with Crippen LogP contribution in [0, 0.1) is 19.3 Å². The van der Waals surface area contributed by atoms with E-state index in [0.29, 0.717) is 23.4 Å². The van der Waals surface area contributed by atoms with E-state index in [4.69, 9.17) is 0 Å². The molecular formula is C14H20N2O3S. The summed E-state index contributed by atoms with van der Waals surface area (Å²) in [5, 5.41) is 13.2. The van der Waals surface area contributed by atoms with Crippen LogP contribution >= 0.6 is 11.3 Å². The van der Waals surface area contributed by atoms with Crippen molar-refractivity contribution in [3.63, 3.8) is 0 Å². The molecule has 1 saturated carbocycles. The Hall–Kier alpha value is -1.43. The first-order valence-electron chi connectivity index (χ1n) is 6.83. The number of nitrogens with zero attached hydrogens (tertiary/aromatic N) is 1. The van der Waals surface area contributed by atoms with Crippen molar-refractivity contribution < 1.29 is 14.7 Å². The average molecular weight is 296 g/mol. The molecule has 0 spiro atoms. The van der Waals surface area contributed by atoms with Gasteiger partial charge in [-0.1, -0.05) is 12.8 Å². The molecule has 110 valence electrons. The van der Waals surface area contributed by atoms with Gasteiger partial charge in [-0.3, -0.25) is 9.59 Å². The number of aliphatic carboxylic acids is 1. The smallest absolute Gasteiger partial charge is 0.311 e. The van der Waals surface area contributed by atoms with Crippen molar-refractivity contribution in [2.75, 3.05) is 0 Å². The molecule has 20 heavy (non-hydrogen) atoms. The number of rotatable bonds is 3. The molecule has 0 radical (unpaired) electrons. The second-order valence-corrected chi connectivity index (χ2v) is 6.85. The molecule has 0 aliphatic heterocycles. The summed E-state index contributed by atoms with van der Waals surface area (Å²) in [6, 6.07) is -0.317. The minimum absolute atomic E-state index is 0.201. The summed E-state index contributed by atoms with van der Waals surface area (Å²) in [5.41, 5.74) is -0.167. The van der Waals surface area contributed by atoms with Crippen molar-refractivity contribution >= 4 is 23.2 Å². The van der Waals surface area contributed by atoms with Gasteiger partial charge in [-0.25, -0.2) is 4.98 Å². The van der Waals surface area contributed by atoms with E-state index in [0.717, 1.165) is 17.8 Å². The predicted molar refractivity (Wildman–Crippen MR) is 77.1 cm³/mol. The number of carboxylic acids is 1. The minimum atomic E-state index is -0.873. The summed E-state index contributed by atoms with van der Waals surface area (Å²) in [6.07, 6.45) is 3.17. The zero-order valence-corrected chi connectivity index (χ0v) is 12.8. The number of nitrogens with one attached hydrogen (secondary N) is 1. The lowest BCUT2D eigenvalue weighted by atomic mass is 9.71. The highest BCUT2D eigenvalue weighted by molar-refractivity contribution is 7.13. The van der Waals surface area contributed by atoms with Crippen LogP contribution in [0.3, 0.4) is 0 Å². The van der Waals surface area contributed by atoms with Crippen LogP contribution in [0.5, 0.6) is 0 Å². The number of aromatic nitrogens is 1. The van der Waals surface area contributed by atoms with Crippen LogP contribution in [0.2, 0.25) is 0 Å². The number of amides is 1. The van der Waals surface area contributed by atoms with Crippen molar-refractivity contribution in [2.24, 2.45) is 5.41 Å². The Bertz CT molecular complexity index is 541. The lowest BCUT2D eigenvalue weighted by Crippen LogP contribution is -2.52. The molecule has 0 bridgehead atoms. The first-order chi connectivity index (χ1) is 9.34. The number of hydrogen-bond acceptors (Lipinski definition) is 4. The lowest BCUT2D eigenvalue weighted by molar-refractivity contribution is -0.151. The Kier molecular flexibility index (Phi) is 4.13. The summed E-state index contributed by atoms with van der Waals surface area (Å²) in [7, 11) is 0. The zero-order chi connectivity index (χ0) is 14.9. The molecule has 2 atom stereocenters. The highest BCUT2D eigenvalue weighted by Gasteiger charge is 2.44. The Morgan fingerprint density at radius 3 is 2.65 bits per heavy atom. The molecule has 6 heteroatoms. The largest absolute Gasteiger partial charge is 0.481 e. The van der Waals surface area contributed by atoms with Crippen molar-refractivity contribution in [3.05, 3.63) is 15.6 Å². The number of carboxylic acid groups (broad SMARTS) is 1. The van der Waals surface area contributed by atoms with E-state index in [1.54, 1.807) is 13.8 Å². The number of hydrogen-bond donors (Lipinski definition) is 2. The molecule has 1 aliphatic rings. The normalized spacial score (nSPS) is 26.2. The third-order valence-corrected chi connectivity index (χ3v) is 5.18. The highest BCUT2D eigenvalue weighted by atomic mass is 32.1. The third kappa shape index (κ3) is 2.70. The quantitative estimate of drug-likeness (QED) is 0.898. The van der Waals surface area contributed by atoms with Crippen LogP contribution in [0.1, 0.15) is 53.0 Å². The zero-order valence-electron chi connectivity index (χ0n) is 12.0. The molecule has 0 aromatic carbocycles. The lowest BCUT2D eigenvalue weighted by Gasteiger charge is -2.38. The molecule has 2 rings (SSSR count). The maximum atomic E-state index is 12.3. The molecular weight excluding hydrogens is 276 g/mol. The molecule has 1 aromatic heterocycles. The van der Waals surface area contributed by atoms with Crippen molar-refractivity contribution in [3.8, 4) is 0 Å². The van der Waals surface area contributed by atoms with E-state index in [1.807, 2.05) is 6.92 Å². The Morgan fingerprint density at radius 2 is 2.10 bits per heavy atom. The second kappa shape index (κ2) is 5.52. The van der Waals surface area contributed by atoms with E-state index < -0.39 is 11.4 Å². The minimum Gasteiger partial charge on any atom is -0.481 e. The molecule has 0 saturated heterocycles. The number of thiazole rings is 1. The van der Waals surface area contributed by atoms with Crippen LogP contribution in [0.15, 0.2) is 0 Å². The Balaban J connectivity index is 2.17. The summed E-state index contributed by atoms with van der Waals surface area (Å²) in [4.78, 5) is 28.7. The summed E-state index contributed by atoms with van der Waals surface area (Å²) in [6.45, 7) is 5.39. The second-order valence-electron chi connectivity index (χ2n) is 5.64. The van der Waals surface area contributed by atoms with Gasteiger partial charge in [0.05, 0.1) is 16.1 Å². The van der Waals surface area contributed by atoms with E-state index in [1.165, 1.54) is 11.3 Å². The fourth-order valence-electron chi connectivity index (χ4n) is 2.79. The Labute approximate surface area is 122 Å². The van der Waals surface area contributed by atoms with Crippen LogP contribution in [0.25, 0.3) is 0 Å². The molecule has 1 fully saturated rings. The van der Waals surface area contributed by atoms with Gasteiger partial charge in [-0.15, -0.1) is 11.3 Å². The van der Waals surface area contributed by atoms with Crippen molar-refractivity contribution in [1.29, 1.82) is 0 Å². The van der Waals surface area contributed by atoms with Gasteiger partial charge in [-0.05, 0) is 33.6 Å². The molecule has 1 aliphatic carbocycles. The number of aryl methyl sites for hydroxylation is 2. The number of carbonyl (C=O) groups excluding carboxylic acids is 1. The maximum Gasteiger partial charge on any atom is 0.311 e. The SMILES string of the molecule is Cc1nc(C)c(C(=O)NC2CCCCC2(C)C(=O)O)s1. The average Bonchev–Trinajstić information content (AvgIpc) is 2.71. The van der Waals surface area contributed by atoms with Crippen LogP contribution in [-0.4, -0.2) is 28.0 Å². The summed E-state index contributed by atoms with van der Waals surface area (Å²) >= 11 is 1.35. The van der Waals surface area contributed by atoms with Crippen molar-refractivity contribution in [2.45, 2.75) is 52.5 Å². The predicted octanol–water partition coefficient (Wildman–Crippen LogP) is 2.52. The van der Waals surface area contributed by atoms with Gasteiger partial charge in [0.1, 0.15) is 4.88 Å². The summed E-state index contributed by atoms with van der Waals surface area (Å²) < 4.78 is 0.